The number of para-hydroxylation sites is 1. The van der Waals surface area contributed by atoms with Crippen LogP contribution in [0.5, 0.6) is 5.75 Å². The zero-order valence-electron chi connectivity index (χ0n) is 12.2. The Bertz CT molecular complexity index is 636. The first kappa shape index (κ1) is 16.7. The molecule has 0 saturated carbocycles. The Morgan fingerprint density at radius 2 is 2.00 bits per heavy atom. The molecule has 1 saturated heterocycles. The molecule has 0 aliphatic carbocycles. The number of benzene rings is 1. The van der Waals surface area contributed by atoms with Crippen molar-refractivity contribution in [2.75, 3.05) is 26.9 Å². The van der Waals surface area contributed by atoms with Gasteiger partial charge in [0, 0.05) is 19.8 Å². The van der Waals surface area contributed by atoms with Gasteiger partial charge in [0.1, 0.15) is 10.6 Å². The highest BCUT2D eigenvalue weighted by molar-refractivity contribution is 7.89. The fourth-order valence-electron chi connectivity index (χ4n) is 2.38. The van der Waals surface area contributed by atoms with Crippen LogP contribution in [0.25, 0.3) is 0 Å². The van der Waals surface area contributed by atoms with Gasteiger partial charge in [-0.2, -0.15) is 0 Å². The molecule has 8 heteroatoms. The van der Waals surface area contributed by atoms with Crippen LogP contribution in [-0.2, 0) is 19.6 Å². The predicted octanol–water partition coefficient (Wildman–Crippen LogP) is 0.855. The lowest BCUT2D eigenvalue weighted by Crippen LogP contribution is -2.46. The molecule has 0 atom stereocenters. The van der Waals surface area contributed by atoms with E-state index >= 15 is 0 Å². The highest BCUT2D eigenvalue weighted by Gasteiger charge is 2.41. The monoisotopic (exact) mass is 329 g/mol. The minimum Gasteiger partial charge on any atom is -0.495 e. The van der Waals surface area contributed by atoms with Crippen LogP contribution in [0.3, 0.4) is 0 Å². The van der Waals surface area contributed by atoms with E-state index in [4.69, 9.17) is 9.47 Å². The number of rotatable bonds is 6. The molecule has 1 heterocycles. The molecule has 2 N–H and O–H groups in total. The molecule has 1 aliphatic rings. The largest absolute Gasteiger partial charge is 0.495 e. The number of carboxylic acid groups (broad SMARTS) is 1. The maximum Gasteiger partial charge on any atom is 0.311 e. The zero-order chi connectivity index (χ0) is 16.2. The average Bonchev–Trinajstić information content (AvgIpc) is 2.53. The van der Waals surface area contributed by atoms with Gasteiger partial charge in [-0.25, -0.2) is 13.1 Å². The Labute approximate surface area is 129 Å². The summed E-state index contributed by atoms with van der Waals surface area (Å²) in [6, 6.07) is 6.20. The summed E-state index contributed by atoms with van der Waals surface area (Å²) in [5.41, 5.74) is -1.13. The highest BCUT2D eigenvalue weighted by Crippen LogP contribution is 2.31. The average molecular weight is 329 g/mol. The SMILES string of the molecule is COc1ccccc1S(=O)(=O)NCC1(C(=O)O)CCOCC1. The summed E-state index contributed by atoms with van der Waals surface area (Å²) in [6.45, 7) is 0.442. The van der Waals surface area contributed by atoms with Gasteiger partial charge in [-0.15, -0.1) is 0 Å². The van der Waals surface area contributed by atoms with Gasteiger partial charge in [0.05, 0.1) is 12.5 Å². The third-order valence-corrected chi connectivity index (χ3v) is 5.30. The molecule has 0 unspecified atom stereocenters. The molecule has 0 amide bonds. The Balaban J connectivity index is 2.20. The Kier molecular flexibility index (Phi) is 5.05. The molecule has 1 aromatic rings. The molecular weight excluding hydrogens is 310 g/mol. The fourth-order valence-corrected chi connectivity index (χ4v) is 3.68. The van der Waals surface area contributed by atoms with Gasteiger partial charge in [0.15, 0.2) is 0 Å². The van der Waals surface area contributed by atoms with Crippen molar-refractivity contribution < 1.29 is 27.8 Å². The quantitative estimate of drug-likeness (QED) is 0.802. The second kappa shape index (κ2) is 6.64. The van der Waals surface area contributed by atoms with Gasteiger partial charge in [-0.05, 0) is 25.0 Å². The van der Waals surface area contributed by atoms with Crippen LogP contribution in [0, 0.1) is 5.41 Å². The van der Waals surface area contributed by atoms with Crippen LogP contribution >= 0.6 is 0 Å². The van der Waals surface area contributed by atoms with E-state index in [9.17, 15) is 18.3 Å². The summed E-state index contributed by atoms with van der Waals surface area (Å²) in [5, 5.41) is 9.44. The van der Waals surface area contributed by atoms with Crippen molar-refractivity contribution in [3.05, 3.63) is 24.3 Å². The minimum absolute atomic E-state index is 0.00917. The smallest absolute Gasteiger partial charge is 0.311 e. The molecule has 7 nitrogen and oxygen atoms in total. The van der Waals surface area contributed by atoms with Gasteiger partial charge in [0.2, 0.25) is 10.0 Å². The summed E-state index contributed by atoms with van der Waals surface area (Å²) >= 11 is 0. The zero-order valence-corrected chi connectivity index (χ0v) is 13.1. The van der Waals surface area contributed by atoms with E-state index in [1.807, 2.05) is 0 Å². The lowest BCUT2D eigenvalue weighted by Gasteiger charge is -2.33. The van der Waals surface area contributed by atoms with Crippen molar-refractivity contribution in [3.63, 3.8) is 0 Å². The van der Waals surface area contributed by atoms with Crippen LogP contribution in [0.4, 0.5) is 0 Å². The topological polar surface area (TPSA) is 102 Å². The molecule has 0 bridgehead atoms. The first-order chi connectivity index (χ1) is 10.4. The summed E-state index contributed by atoms with van der Waals surface area (Å²) in [6.07, 6.45) is 0.549. The first-order valence-electron chi connectivity index (χ1n) is 6.85. The molecule has 1 aromatic carbocycles. The number of carbonyl (C=O) groups is 1. The maximum atomic E-state index is 12.4. The minimum atomic E-state index is -3.85. The Hall–Kier alpha value is -1.64. The third-order valence-electron chi connectivity index (χ3n) is 3.86. The van der Waals surface area contributed by atoms with Gasteiger partial charge in [-0.3, -0.25) is 4.79 Å². The summed E-state index contributed by atoms with van der Waals surface area (Å²) in [5.74, 6) is -0.801. The fraction of sp³-hybridized carbons (Fsp3) is 0.500. The van der Waals surface area contributed by atoms with E-state index in [0.29, 0.717) is 13.2 Å². The lowest BCUT2D eigenvalue weighted by atomic mass is 9.80. The van der Waals surface area contributed by atoms with Crippen molar-refractivity contribution in [1.82, 2.24) is 4.72 Å². The van der Waals surface area contributed by atoms with Crippen molar-refractivity contribution in [3.8, 4) is 5.75 Å². The molecule has 1 fully saturated rings. The van der Waals surface area contributed by atoms with Gasteiger partial charge in [-0.1, -0.05) is 12.1 Å². The number of nitrogens with one attached hydrogen (secondary N) is 1. The van der Waals surface area contributed by atoms with Crippen LogP contribution < -0.4 is 9.46 Å². The van der Waals surface area contributed by atoms with Crippen molar-refractivity contribution in [2.24, 2.45) is 5.41 Å². The number of sulfonamides is 1. The molecule has 22 heavy (non-hydrogen) atoms. The van der Waals surface area contributed by atoms with E-state index in [0.717, 1.165) is 0 Å². The summed E-state index contributed by atoms with van der Waals surface area (Å²) in [7, 11) is -2.47. The van der Waals surface area contributed by atoms with Crippen LogP contribution in [0.1, 0.15) is 12.8 Å². The van der Waals surface area contributed by atoms with E-state index in [-0.39, 0.29) is 30.0 Å². The van der Waals surface area contributed by atoms with E-state index < -0.39 is 21.4 Å². The van der Waals surface area contributed by atoms with Crippen molar-refractivity contribution >= 4 is 16.0 Å². The lowest BCUT2D eigenvalue weighted by molar-refractivity contribution is -0.154. The second-order valence-corrected chi connectivity index (χ2v) is 6.91. The van der Waals surface area contributed by atoms with E-state index in [2.05, 4.69) is 4.72 Å². The normalized spacial score (nSPS) is 17.9. The van der Waals surface area contributed by atoms with E-state index in [1.54, 1.807) is 12.1 Å². The Morgan fingerprint density at radius 3 is 2.59 bits per heavy atom. The summed E-state index contributed by atoms with van der Waals surface area (Å²) in [4.78, 5) is 11.5. The third kappa shape index (κ3) is 3.40. The maximum absolute atomic E-state index is 12.4. The summed E-state index contributed by atoms with van der Waals surface area (Å²) < 4.78 is 37.4. The highest BCUT2D eigenvalue weighted by atomic mass is 32.2. The van der Waals surface area contributed by atoms with Crippen molar-refractivity contribution in [2.45, 2.75) is 17.7 Å². The molecule has 122 valence electrons. The molecule has 2 rings (SSSR count). The molecule has 0 spiro atoms. The van der Waals surface area contributed by atoms with E-state index in [1.165, 1.54) is 19.2 Å². The van der Waals surface area contributed by atoms with Gasteiger partial charge >= 0.3 is 5.97 Å². The van der Waals surface area contributed by atoms with Crippen LogP contribution in [0.2, 0.25) is 0 Å². The van der Waals surface area contributed by atoms with Crippen LogP contribution in [0.15, 0.2) is 29.2 Å². The second-order valence-electron chi connectivity index (χ2n) is 5.17. The number of ether oxygens (including phenoxy) is 2. The Morgan fingerprint density at radius 1 is 1.36 bits per heavy atom. The molecular formula is C14H19NO6S. The number of hydrogen-bond donors (Lipinski definition) is 2. The number of hydrogen-bond acceptors (Lipinski definition) is 5. The number of methoxy groups -OCH3 is 1. The molecule has 0 aromatic heterocycles. The number of carboxylic acids is 1. The standard InChI is InChI=1S/C14H19NO6S/c1-20-11-4-2-3-5-12(11)22(18,19)15-10-14(13(16)17)6-8-21-9-7-14/h2-5,15H,6-10H2,1H3,(H,16,17). The predicted molar refractivity (Wildman–Crippen MR) is 78.3 cm³/mol. The van der Waals surface area contributed by atoms with Crippen molar-refractivity contribution in [1.29, 1.82) is 0 Å². The van der Waals surface area contributed by atoms with Crippen LogP contribution in [-0.4, -0.2) is 46.4 Å². The van der Waals surface area contributed by atoms with Gasteiger partial charge in [0.25, 0.3) is 0 Å². The first-order valence-corrected chi connectivity index (χ1v) is 8.33. The molecule has 1 aliphatic heterocycles. The van der Waals surface area contributed by atoms with Gasteiger partial charge < -0.3 is 14.6 Å². The molecule has 0 radical (unpaired) electrons. The number of aliphatic carboxylic acids is 1.